The molecular weight excluding hydrogens is 1520 g/mol. The summed E-state index contributed by atoms with van der Waals surface area (Å²) in [5.74, 6) is 0.180. The predicted octanol–water partition coefficient (Wildman–Crippen LogP) is 14.3. The molecule has 0 fully saturated rings. The first-order valence-electron chi connectivity index (χ1n) is 31.7. The highest BCUT2D eigenvalue weighted by Gasteiger charge is 2.27. The van der Waals surface area contributed by atoms with Crippen LogP contribution in [0.15, 0.2) is 115 Å². The van der Waals surface area contributed by atoms with Gasteiger partial charge in [-0.1, -0.05) is 130 Å². The van der Waals surface area contributed by atoms with Crippen molar-refractivity contribution in [2.45, 2.75) is 102 Å². The number of likely N-dealkylation sites (N-methyl/N-ethyl adjacent to an activating group) is 1. The third kappa shape index (κ3) is 19.4. The summed E-state index contributed by atoms with van der Waals surface area (Å²) >= 11 is 22.2. The summed E-state index contributed by atoms with van der Waals surface area (Å²) in [6, 6.07) is 31.6. The highest BCUT2D eigenvalue weighted by molar-refractivity contribution is 9.11. The summed E-state index contributed by atoms with van der Waals surface area (Å²) in [7, 11) is 1.31. The molecule has 0 aliphatic heterocycles. The number of nitrogens with zero attached hydrogens (tertiary/aromatic N) is 17. The number of esters is 3. The van der Waals surface area contributed by atoms with E-state index in [0.29, 0.717) is 91.1 Å². The number of halogens is 4. The second-order valence-corrected chi connectivity index (χ2v) is 26.7. The van der Waals surface area contributed by atoms with Gasteiger partial charge in [0.05, 0.1) is 55.5 Å². The van der Waals surface area contributed by atoms with Crippen molar-refractivity contribution in [2.24, 2.45) is 0 Å². The average molecular weight is 1590 g/mol. The van der Waals surface area contributed by atoms with Gasteiger partial charge in [0.25, 0.3) is 11.8 Å². The first-order valence-corrected chi connectivity index (χ1v) is 35.6. The van der Waals surface area contributed by atoms with Gasteiger partial charge in [0.2, 0.25) is 11.6 Å². The quantitative estimate of drug-likeness (QED) is 0.0486. The van der Waals surface area contributed by atoms with Gasteiger partial charge in [0.1, 0.15) is 65.6 Å². The van der Waals surface area contributed by atoms with Gasteiger partial charge in [0.15, 0.2) is 11.6 Å². The zero-order chi connectivity index (χ0) is 73.5. The van der Waals surface area contributed by atoms with Crippen LogP contribution in [0.4, 0.5) is 0 Å². The summed E-state index contributed by atoms with van der Waals surface area (Å²) in [6.45, 7) is 24.0. The third-order valence-corrected chi connectivity index (χ3v) is 19.4. The smallest absolute Gasteiger partial charge is 0.327 e. The number of aryl methyl sites for hydroxylation is 8. The molecule has 12 aromatic rings. The topological polar surface area (TPSA) is 320 Å². The van der Waals surface area contributed by atoms with Crippen LogP contribution in [0.5, 0.6) is 0 Å². The molecule has 0 atom stereocenters. The van der Waals surface area contributed by atoms with E-state index in [2.05, 4.69) is 116 Å². The fourth-order valence-electron chi connectivity index (χ4n) is 10.1. The first kappa shape index (κ1) is 76.7. The molecule has 0 spiro atoms. The summed E-state index contributed by atoms with van der Waals surface area (Å²) in [4.78, 5) is 67.0. The lowest BCUT2D eigenvalue weighted by Crippen LogP contribution is -2.28. The van der Waals surface area contributed by atoms with Gasteiger partial charge in [-0.3, -0.25) is 19.2 Å². The second kappa shape index (κ2) is 35.4. The monoisotopic (exact) mass is 1590 g/mol. The second-order valence-electron chi connectivity index (χ2n) is 22.8. The molecule has 0 aliphatic carbocycles. The van der Waals surface area contributed by atoms with E-state index in [-0.39, 0.29) is 43.9 Å². The van der Waals surface area contributed by atoms with Gasteiger partial charge < -0.3 is 33.3 Å². The number of carbonyl (C=O) groups excluding carboxylic acids is 3. The predicted molar refractivity (Wildman–Crippen MR) is 393 cm³/mol. The van der Waals surface area contributed by atoms with Crippen LogP contribution in [0.1, 0.15) is 65.8 Å². The Balaban J connectivity index is 0.000000159. The van der Waals surface area contributed by atoms with Crippen LogP contribution >= 0.6 is 78.1 Å². The summed E-state index contributed by atoms with van der Waals surface area (Å²) < 4.78 is 42.0. The van der Waals surface area contributed by atoms with Gasteiger partial charge in [-0.25, -0.2) is 28.7 Å². The van der Waals surface area contributed by atoms with Gasteiger partial charge in [-0.2, -0.15) is 39.1 Å². The number of ether oxygens (including phenoxy) is 3. The molecule has 532 valence electrons. The van der Waals surface area contributed by atoms with Gasteiger partial charge in [0, 0.05) is 28.8 Å². The standard InChI is InChI=1S/C21H26BrN5O2S.C17H17BrN4O3.C16H15ClN4O3.C15H13ClN4O2S/c1-5-26(6-2)10-11-29-17(28)13-27-19(18(22)15(4)24-27)20-23-21(30-25-20)16-9-7-8-14(3)12-16;1-4-24-13(23)9-22-15(14(18)11(3)20-22)16-19-17(25-21-16)12-7-5-6-10(2)8-12;1-9-5-4-6-11(7-9)16-18-15(20-24-16)14-13(17)10(2)19-21(14)8-12(22)23-3;1-8-4-3-5-10(6-8)15-17-14(19-23-15)13-12(16)9(2)18-20(13)7-11(21)22/h7-9,12H,5-6,10-11,13H2,1-4H3;5-8H,4,9H2,1-3H3;4-7H,8H2,1-3H3;3-6H,7H2,1-2H3,(H,21,22). The maximum atomic E-state index is 12.4. The van der Waals surface area contributed by atoms with E-state index in [0.717, 1.165) is 84.5 Å². The normalized spacial score (nSPS) is 11.0. The lowest BCUT2D eigenvalue weighted by Gasteiger charge is -2.17. The van der Waals surface area contributed by atoms with E-state index >= 15 is 0 Å². The SMILES string of the molecule is CCN(CC)CCOC(=O)Cn1nc(C)c(Br)c1-c1nsc(-c2cccc(C)c2)n1.CCOC(=O)Cn1nc(C)c(Br)c1-c1noc(-c2cccc(C)c2)n1.COC(=O)Cn1nc(C)c(Cl)c1-c1noc(-c2cccc(C)c2)n1.Cc1cccc(-c2nc(-c3c(Cl)c(C)nn3CC(=O)O)ns2)c1. The number of carbonyl (C=O) groups is 4. The van der Waals surface area contributed by atoms with Gasteiger partial charge in [-0.15, -0.1) is 0 Å². The van der Waals surface area contributed by atoms with Crippen LogP contribution in [0, 0.1) is 55.4 Å². The number of hydrogen-bond donors (Lipinski definition) is 1. The van der Waals surface area contributed by atoms with Crippen LogP contribution in [-0.2, 0) is 59.6 Å². The summed E-state index contributed by atoms with van der Waals surface area (Å²) in [6.07, 6.45) is 0. The van der Waals surface area contributed by atoms with Crippen molar-refractivity contribution < 1.29 is 47.5 Å². The highest BCUT2D eigenvalue weighted by atomic mass is 79.9. The van der Waals surface area contributed by atoms with Crippen molar-refractivity contribution >= 4 is 102 Å². The molecule has 8 aromatic heterocycles. The van der Waals surface area contributed by atoms with Crippen molar-refractivity contribution in [3.8, 4) is 90.1 Å². The highest BCUT2D eigenvalue weighted by Crippen LogP contribution is 2.36. The number of carboxylic acid groups (broad SMARTS) is 1. The Morgan fingerprint density at radius 1 is 0.500 bits per heavy atom. The molecule has 8 heterocycles. The number of aliphatic carboxylic acids is 1. The number of hydrogen-bond acceptors (Lipinski definition) is 24. The van der Waals surface area contributed by atoms with E-state index in [1.165, 1.54) is 49.8 Å². The molecule has 1 N–H and O–H groups in total. The zero-order valence-electron chi connectivity index (χ0n) is 57.7. The Hall–Kier alpha value is -9.50. The average Bonchev–Trinajstić information content (AvgIpc) is 1.66. The minimum atomic E-state index is -1.00. The van der Waals surface area contributed by atoms with E-state index in [1.807, 2.05) is 133 Å². The van der Waals surface area contributed by atoms with Crippen LogP contribution < -0.4 is 0 Å². The number of methoxy groups -OCH3 is 1. The Bertz CT molecular complexity index is 4940. The number of benzene rings is 4. The van der Waals surface area contributed by atoms with Crippen molar-refractivity contribution in [1.82, 2.24) is 83.0 Å². The van der Waals surface area contributed by atoms with Crippen molar-refractivity contribution in [3.05, 3.63) is 161 Å². The third-order valence-electron chi connectivity index (χ3n) is 15.0. The van der Waals surface area contributed by atoms with E-state index in [4.69, 9.17) is 51.8 Å². The first-order chi connectivity index (χ1) is 48.9. The Labute approximate surface area is 621 Å². The van der Waals surface area contributed by atoms with Gasteiger partial charge in [-0.05, 0) is 167 Å². The molecule has 27 nitrogen and oxygen atoms in total. The Kier molecular flexibility index (Phi) is 26.6. The molecule has 0 saturated heterocycles. The van der Waals surface area contributed by atoms with E-state index in [9.17, 15) is 19.2 Å². The van der Waals surface area contributed by atoms with Crippen LogP contribution in [0.25, 0.3) is 90.1 Å². The fraction of sp³-hybridized carbons (Fsp3) is 0.304. The lowest BCUT2D eigenvalue weighted by molar-refractivity contribution is -0.145. The van der Waals surface area contributed by atoms with Crippen LogP contribution in [-0.4, -0.2) is 152 Å². The Morgan fingerprint density at radius 3 is 1.30 bits per heavy atom. The fourth-order valence-corrected chi connectivity index (χ4v) is 12.7. The molecule has 12 rings (SSSR count). The molecule has 4 aromatic carbocycles. The molecule has 0 radical (unpaired) electrons. The van der Waals surface area contributed by atoms with Crippen molar-refractivity contribution in [3.63, 3.8) is 0 Å². The molecule has 33 heteroatoms. The molecular formula is C69H71Br2Cl2N17O10S2. The molecule has 0 bridgehead atoms. The molecule has 0 unspecified atom stereocenters. The largest absolute Gasteiger partial charge is 0.480 e. The number of carboxylic acids is 1. The van der Waals surface area contributed by atoms with E-state index < -0.39 is 11.9 Å². The molecule has 0 amide bonds. The van der Waals surface area contributed by atoms with Gasteiger partial charge >= 0.3 is 23.9 Å². The number of aromatic nitrogens is 16. The van der Waals surface area contributed by atoms with Crippen molar-refractivity contribution in [2.75, 3.05) is 40.0 Å². The van der Waals surface area contributed by atoms with E-state index in [1.54, 1.807) is 25.5 Å². The summed E-state index contributed by atoms with van der Waals surface area (Å²) in [5, 5.41) is 36.6. The molecule has 0 saturated carbocycles. The maximum absolute atomic E-state index is 12.4. The molecule has 0 aliphatic rings. The lowest BCUT2D eigenvalue weighted by atomic mass is 10.1. The zero-order valence-corrected chi connectivity index (χ0v) is 64.0. The number of rotatable bonds is 22. The minimum absolute atomic E-state index is 0.0129. The van der Waals surface area contributed by atoms with Crippen LogP contribution in [0.3, 0.4) is 0 Å². The minimum Gasteiger partial charge on any atom is -0.480 e. The van der Waals surface area contributed by atoms with Crippen molar-refractivity contribution in [1.29, 1.82) is 0 Å². The maximum Gasteiger partial charge on any atom is 0.327 e. The Morgan fingerprint density at radius 2 is 0.873 bits per heavy atom. The molecule has 102 heavy (non-hydrogen) atoms. The summed E-state index contributed by atoms with van der Waals surface area (Å²) in [5.41, 5.74) is 12.8. The van der Waals surface area contributed by atoms with Crippen LogP contribution in [0.2, 0.25) is 10.0 Å².